The first-order valence-electron chi connectivity index (χ1n) is 4.73. The van der Waals surface area contributed by atoms with Crippen LogP contribution >= 0.6 is 0 Å². The van der Waals surface area contributed by atoms with Crippen LogP contribution < -0.4 is 0 Å². The molecule has 1 aromatic carbocycles. The van der Waals surface area contributed by atoms with E-state index < -0.39 is 0 Å². The van der Waals surface area contributed by atoms with Gasteiger partial charge in [0.15, 0.2) is 0 Å². The molecule has 70 valence electrons. The first-order chi connectivity index (χ1) is 6.78. The van der Waals surface area contributed by atoms with Crippen LogP contribution in [0.2, 0.25) is 0 Å². The Morgan fingerprint density at radius 2 is 1.79 bits per heavy atom. The van der Waals surface area contributed by atoms with Gasteiger partial charge in [0.25, 0.3) is 0 Å². The third kappa shape index (κ3) is 1.60. The van der Waals surface area contributed by atoms with Crippen LogP contribution in [0.5, 0.6) is 0 Å². The molecule has 0 saturated carbocycles. The van der Waals surface area contributed by atoms with Crippen molar-refractivity contribution in [3.63, 3.8) is 0 Å². The molecule has 0 amide bonds. The van der Waals surface area contributed by atoms with Crippen LogP contribution in [0.15, 0.2) is 12.1 Å². The summed E-state index contributed by atoms with van der Waals surface area (Å²) < 4.78 is 0. The van der Waals surface area contributed by atoms with Crippen molar-refractivity contribution in [3.05, 3.63) is 34.4 Å². The van der Waals surface area contributed by atoms with E-state index in [0.29, 0.717) is 11.1 Å². The van der Waals surface area contributed by atoms with Crippen molar-refractivity contribution in [1.29, 1.82) is 10.5 Å². The molecular formula is C12H12N2. The zero-order chi connectivity index (χ0) is 10.6. The predicted octanol–water partition coefficient (Wildman–Crippen LogP) is 2.55. The van der Waals surface area contributed by atoms with Crippen molar-refractivity contribution >= 4 is 0 Å². The molecule has 0 spiro atoms. The summed E-state index contributed by atoms with van der Waals surface area (Å²) in [5.74, 6) is 0. The first-order valence-corrected chi connectivity index (χ1v) is 4.73. The van der Waals surface area contributed by atoms with Crippen molar-refractivity contribution in [2.45, 2.75) is 26.7 Å². The van der Waals surface area contributed by atoms with Gasteiger partial charge in [0, 0.05) is 0 Å². The second-order valence-corrected chi connectivity index (χ2v) is 3.06. The van der Waals surface area contributed by atoms with Crippen LogP contribution in [0.1, 0.15) is 36.1 Å². The van der Waals surface area contributed by atoms with Crippen LogP contribution in [-0.2, 0) is 12.8 Å². The normalized spacial score (nSPS) is 9.14. The molecule has 0 N–H and O–H groups in total. The van der Waals surface area contributed by atoms with E-state index in [1.54, 1.807) is 6.07 Å². The standard InChI is InChI=1S/C12H12N2/c1-3-9-5-6-10(7-13)11(4-2)12(9)8-14/h5-6H,3-4H2,1-2H3. The van der Waals surface area contributed by atoms with Crippen LogP contribution in [-0.4, -0.2) is 0 Å². The Morgan fingerprint density at radius 3 is 2.21 bits per heavy atom. The molecule has 0 saturated heterocycles. The van der Waals surface area contributed by atoms with Crippen LogP contribution in [0.4, 0.5) is 0 Å². The minimum absolute atomic E-state index is 0.626. The molecule has 1 aromatic rings. The Bertz CT molecular complexity index is 419. The van der Waals surface area contributed by atoms with Gasteiger partial charge in [0.2, 0.25) is 0 Å². The second-order valence-electron chi connectivity index (χ2n) is 3.06. The smallest absolute Gasteiger partial charge is 0.0997 e. The molecule has 0 bridgehead atoms. The fourth-order valence-corrected chi connectivity index (χ4v) is 1.60. The monoisotopic (exact) mass is 184 g/mol. The summed E-state index contributed by atoms with van der Waals surface area (Å²) in [6.07, 6.45) is 1.57. The number of nitriles is 2. The summed E-state index contributed by atoms with van der Waals surface area (Å²) in [5.41, 5.74) is 3.23. The molecule has 0 radical (unpaired) electrons. The van der Waals surface area contributed by atoms with E-state index in [2.05, 4.69) is 12.1 Å². The van der Waals surface area contributed by atoms with E-state index in [4.69, 9.17) is 10.5 Å². The Labute approximate surface area is 84.4 Å². The van der Waals surface area contributed by atoms with Gasteiger partial charge >= 0.3 is 0 Å². The number of hydrogen-bond donors (Lipinski definition) is 0. The van der Waals surface area contributed by atoms with Gasteiger partial charge in [0.05, 0.1) is 23.3 Å². The molecule has 0 aliphatic carbocycles. The van der Waals surface area contributed by atoms with Gasteiger partial charge in [-0.05, 0) is 30.0 Å². The summed E-state index contributed by atoms with van der Waals surface area (Å²) in [6, 6.07) is 7.99. The summed E-state index contributed by atoms with van der Waals surface area (Å²) >= 11 is 0. The van der Waals surface area contributed by atoms with E-state index in [-0.39, 0.29) is 0 Å². The minimum atomic E-state index is 0.626. The van der Waals surface area contributed by atoms with Crippen LogP contribution in [0.3, 0.4) is 0 Å². The molecule has 0 aromatic heterocycles. The zero-order valence-corrected chi connectivity index (χ0v) is 8.46. The molecule has 0 heterocycles. The van der Waals surface area contributed by atoms with Gasteiger partial charge in [-0.1, -0.05) is 19.9 Å². The third-order valence-corrected chi connectivity index (χ3v) is 2.37. The van der Waals surface area contributed by atoms with Gasteiger partial charge < -0.3 is 0 Å². The molecule has 0 atom stereocenters. The maximum absolute atomic E-state index is 9.02. The van der Waals surface area contributed by atoms with Crippen LogP contribution in [0, 0.1) is 22.7 Å². The van der Waals surface area contributed by atoms with Gasteiger partial charge in [0.1, 0.15) is 0 Å². The molecule has 0 fully saturated rings. The lowest BCUT2D eigenvalue weighted by atomic mass is 9.94. The van der Waals surface area contributed by atoms with Crippen molar-refractivity contribution in [2.75, 3.05) is 0 Å². The second kappa shape index (κ2) is 4.44. The van der Waals surface area contributed by atoms with Gasteiger partial charge in [-0.15, -0.1) is 0 Å². The van der Waals surface area contributed by atoms with Gasteiger partial charge in [-0.2, -0.15) is 10.5 Å². The topological polar surface area (TPSA) is 47.6 Å². The van der Waals surface area contributed by atoms with Crippen LogP contribution in [0.25, 0.3) is 0 Å². The van der Waals surface area contributed by atoms with E-state index in [1.807, 2.05) is 19.9 Å². The molecule has 0 aliphatic rings. The first kappa shape index (κ1) is 10.3. The lowest BCUT2D eigenvalue weighted by molar-refractivity contribution is 1.06. The molecule has 14 heavy (non-hydrogen) atoms. The van der Waals surface area contributed by atoms with E-state index in [0.717, 1.165) is 24.0 Å². The Balaban J connectivity index is 3.48. The van der Waals surface area contributed by atoms with E-state index >= 15 is 0 Å². The number of hydrogen-bond acceptors (Lipinski definition) is 2. The molecule has 1 rings (SSSR count). The summed E-state index contributed by atoms with van der Waals surface area (Å²) in [6.45, 7) is 3.98. The van der Waals surface area contributed by atoms with E-state index in [1.165, 1.54) is 0 Å². The van der Waals surface area contributed by atoms with E-state index in [9.17, 15) is 0 Å². The Morgan fingerprint density at radius 1 is 1.07 bits per heavy atom. The summed E-state index contributed by atoms with van der Waals surface area (Å²) in [4.78, 5) is 0. The van der Waals surface area contributed by atoms with Crippen molar-refractivity contribution in [3.8, 4) is 12.1 Å². The SMILES string of the molecule is CCc1ccc(C#N)c(CC)c1C#N. The third-order valence-electron chi connectivity index (χ3n) is 2.37. The zero-order valence-electron chi connectivity index (χ0n) is 8.46. The van der Waals surface area contributed by atoms with Gasteiger partial charge in [-0.25, -0.2) is 0 Å². The largest absolute Gasteiger partial charge is 0.192 e. The highest BCUT2D eigenvalue weighted by Crippen LogP contribution is 2.19. The summed E-state index contributed by atoms with van der Waals surface area (Å²) in [5, 5.41) is 17.9. The Kier molecular flexibility index (Phi) is 3.26. The van der Waals surface area contributed by atoms with Crippen molar-refractivity contribution < 1.29 is 0 Å². The van der Waals surface area contributed by atoms with Crippen molar-refractivity contribution in [1.82, 2.24) is 0 Å². The average molecular weight is 184 g/mol. The highest BCUT2D eigenvalue weighted by atomic mass is 14.3. The molecule has 0 unspecified atom stereocenters. The lowest BCUT2D eigenvalue weighted by Gasteiger charge is -2.07. The van der Waals surface area contributed by atoms with Crippen molar-refractivity contribution in [2.24, 2.45) is 0 Å². The fourth-order valence-electron chi connectivity index (χ4n) is 1.60. The highest BCUT2D eigenvalue weighted by Gasteiger charge is 2.09. The minimum Gasteiger partial charge on any atom is -0.192 e. The fraction of sp³-hybridized carbons (Fsp3) is 0.333. The van der Waals surface area contributed by atoms with Gasteiger partial charge in [-0.3, -0.25) is 0 Å². The number of rotatable bonds is 2. The number of nitrogens with zero attached hydrogens (tertiary/aromatic N) is 2. The Hall–Kier alpha value is -1.80. The average Bonchev–Trinajstić information content (AvgIpc) is 2.26. The molecule has 0 aliphatic heterocycles. The quantitative estimate of drug-likeness (QED) is 0.709. The number of benzene rings is 1. The lowest BCUT2D eigenvalue weighted by Crippen LogP contribution is -1.98. The highest BCUT2D eigenvalue weighted by molar-refractivity contribution is 5.52. The number of aryl methyl sites for hydroxylation is 1. The molecule has 2 heteroatoms. The molecule has 2 nitrogen and oxygen atoms in total. The summed E-state index contributed by atoms with van der Waals surface area (Å²) in [7, 11) is 0. The maximum Gasteiger partial charge on any atom is 0.0997 e. The predicted molar refractivity (Wildman–Crippen MR) is 54.6 cm³/mol. The molecular weight excluding hydrogens is 172 g/mol. The maximum atomic E-state index is 9.02.